The number of benzene rings is 1. The molecule has 2 saturated heterocycles. The summed E-state index contributed by atoms with van der Waals surface area (Å²) in [6, 6.07) is 9.46. The zero-order valence-corrected chi connectivity index (χ0v) is 19.6. The standard InChI is InChI=1S/C25H28FN3O4S/c26-17-10-8-16(9-11-17)12-13-27-20(30)15-28-22(19-7-4-14-34-19)21-23(33-28)25(32)29(24(21)31)18-5-2-1-3-6-18/h4,7-11,14,18,21-23H,1-3,5-6,12-13,15H2,(H,27,30). The Labute approximate surface area is 201 Å². The van der Waals surface area contributed by atoms with Gasteiger partial charge in [-0.3, -0.25) is 24.1 Å². The summed E-state index contributed by atoms with van der Waals surface area (Å²) in [5, 5.41) is 6.28. The van der Waals surface area contributed by atoms with E-state index < -0.39 is 18.1 Å². The summed E-state index contributed by atoms with van der Waals surface area (Å²) < 4.78 is 13.1. The van der Waals surface area contributed by atoms with Gasteiger partial charge in [-0.1, -0.05) is 37.5 Å². The van der Waals surface area contributed by atoms with Crippen molar-refractivity contribution in [1.29, 1.82) is 0 Å². The van der Waals surface area contributed by atoms with E-state index in [9.17, 15) is 18.8 Å². The lowest BCUT2D eigenvalue weighted by molar-refractivity contribution is -0.183. The van der Waals surface area contributed by atoms with Gasteiger partial charge in [-0.25, -0.2) is 4.39 Å². The Bertz CT molecular complexity index is 1040. The van der Waals surface area contributed by atoms with Gasteiger partial charge in [0.1, 0.15) is 12.4 Å². The van der Waals surface area contributed by atoms with Crippen molar-refractivity contribution in [2.75, 3.05) is 13.1 Å². The number of nitrogens with zero attached hydrogens (tertiary/aromatic N) is 2. The Morgan fingerprint density at radius 3 is 2.56 bits per heavy atom. The second kappa shape index (κ2) is 9.93. The van der Waals surface area contributed by atoms with Crippen LogP contribution in [0.1, 0.15) is 48.6 Å². The summed E-state index contributed by atoms with van der Waals surface area (Å²) in [5.41, 5.74) is 0.920. The number of carbonyl (C=O) groups is 3. The first-order chi connectivity index (χ1) is 16.5. The third-order valence-corrected chi connectivity index (χ3v) is 7.89. The molecule has 3 heterocycles. The maximum atomic E-state index is 13.5. The van der Waals surface area contributed by atoms with E-state index in [-0.39, 0.29) is 36.1 Å². The predicted octanol–water partition coefficient (Wildman–Crippen LogP) is 3.22. The summed E-state index contributed by atoms with van der Waals surface area (Å²) >= 11 is 1.49. The maximum absolute atomic E-state index is 13.5. The molecule has 2 aromatic rings. The Morgan fingerprint density at radius 2 is 1.85 bits per heavy atom. The smallest absolute Gasteiger partial charge is 0.261 e. The molecular weight excluding hydrogens is 457 g/mol. The van der Waals surface area contributed by atoms with E-state index in [4.69, 9.17) is 4.84 Å². The van der Waals surface area contributed by atoms with Gasteiger partial charge in [-0.15, -0.1) is 11.3 Å². The molecule has 1 saturated carbocycles. The second-order valence-corrected chi connectivity index (χ2v) is 10.1. The summed E-state index contributed by atoms with van der Waals surface area (Å²) in [5.74, 6) is -1.65. The quantitative estimate of drug-likeness (QED) is 0.610. The molecule has 3 fully saturated rings. The fourth-order valence-electron chi connectivity index (χ4n) is 5.30. The highest BCUT2D eigenvalue weighted by atomic mass is 32.1. The van der Waals surface area contributed by atoms with E-state index in [1.807, 2.05) is 17.5 Å². The average Bonchev–Trinajstić information content (AvgIpc) is 3.53. The van der Waals surface area contributed by atoms with Crippen molar-refractivity contribution in [2.24, 2.45) is 5.92 Å². The normalized spacial score (nSPS) is 25.7. The van der Waals surface area contributed by atoms with Gasteiger partial charge >= 0.3 is 0 Å². The number of amides is 3. The fourth-order valence-corrected chi connectivity index (χ4v) is 6.17. The molecule has 0 radical (unpaired) electrons. The van der Waals surface area contributed by atoms with E-state index in [0.29, 0.717) is 13.0 Å². The van der Waals surface area contributed by atoms with Crippen LogP contribution in [0.15, 0.2) is 41.8 Å². The molecule has 0 bridgehead atoms. The summed E-state index contributed by atoms with van der Waals surface area (Å²) in [4.78, 5) is 47.7. The van der Waals surface area contributed by atoms with Crippen LogP contribution in [0.4, 0.5) is 4.39 Å². The lowest BCUT2D eigenvalue weighted by Gasteiger charge is -2.32. The van der Waals surface area contributed by atoms with Crippen molar-refractivity contribution in [1.82, 2.24) is 15.3 Å². The molecule has 2 aliphatic heterocycles. The first kappa shape index (κ1) is 23.1. The molecular formula is C25H28FN3O4S. The highest BCUT2D eigenvalue weighted by Crippen LogP contribution is 2.46. The van der Waals surface area contributed by atoms with Crippen LogP contribution in [0, 0.1) is 11.7 Å². The Balaban J connectivity index is 1.26. The molecule has 3 atom stereocenters. The topological polar surface area (TPSA) is 79.0 Å². The Hall–Kier alpha value is -2.62. The molecule has 0 spiro atoms. The SMILES string of the molecule is O=C(CN1OC2C(=O)N(C3CCCCC3)C(=O)C2C1c1cccs1)NCCc1ccc(F)cc1. The van der Waals surface area contributed by atoms with E-state index in [0.717, 1.165) is 42.5 Å². The van der Waals surface area contributed by atoms with Gasteiger partial charge in [-0.05, 0) is 48.4 Å². The summed E-state index contributed by atoms with van der Waals surface area (Å²) in [6.45, 7) is 0.311. The molecule has 1 aromatic heterocycles. The summed E-state index contributed by atoms with van der Waals surface area (Å²) in [6.07, 6.45) is 4.57. The average molecular weight is 486 g/mol. The third kappa shape index (κ3) is 4.52. The Kier molecular flexibility index (Phi) is 6.76. The van der Waals surface area contributed by atoms with E-state index in [1.165, 1.54) is 33.4 Å². The summed E-state index contributed by atoms with van der Waals surface area (Å²) in [7, 11) is 0. The number of imide groups is 1. The number of thiophene rings is 1. The predicted molar refractivity (Wildman–Crippen MR) is 124 cm³/mol. The number of hydroxylamine groups is 2. The van der Waals surface area contributed by atoms with Gasteiger partial charge in [0.15, 0.2) is 6.10 Å². The van der Waals surface area contributed by atoms with Crippen LogP contribution < -0.4 is 5.32 Å². The van der Waals surface area contributed by atoms with Crippen LogP contribution in [0.25, 0.3) is 0 Å². The minimum atomic E-state index is -0.881. The zero-order chi connectivity index (χ0) is 23.7. The van der Waals surface area contributed by atoms with Gasteiger partial charge < -0.3 is 5.32 Å². The number of rotatable bonds is 7. The van der Waals surface area contributed by atoms with Crippen molar-refractivity contribution in [3.05, 3.63) is 58.0 Å². The van der Waals surface area contributed by atoms with Gasteiger partial charge in [0.25, 0.3) is 5.91 Å². The van der Waals surface area contributed by atoms with E-state index in [1.54, 1.807) is 12.1 Å². The second-order valence-electron chi connectivity index (χ2n) is 9.15. The molecule has 1 N–H and O–H groups in total. The van der Waals surface area contributed by atoms with Gasteiger partial charge in [0.2, 0.25) is 11.8 Å². The minimum absolute atomic E-state index is 0.0462. The lowest BCUT2D eigenvalue weighted by Crippen LogP contribution is -2.45. The maximum Gasteiger partial charge on any atom is 0.261 e. The largest absolute Gasteiger partial charge is 0.355 e. The van der Waals surface area contributed by atoms with Crippen LogP contribution in [-0.4, -0.2) is 52.9 Å². The lowest BCUT2D eigenvalue weighted by atomic mass is 9.93. The van der Waals surface area contributed by atoms with Gasteiger partial charge in [0, 0.05) is 17.5 Å². The molecule has 34 heavy (non-hydrogen) atoms. The highest BCUT2D eigenvalue weighted by molar-refractivity contribution is 7.10. The number of halogens is 1. The van der Waals surface area contributed by atoms with E-state index >= 15 is 0 Å². The minimum Gasteiger partial charge on any atom is -0.355 e. The van der Waals surface area contributed by atoms with Crippen LogP contribution in [0.5, 0.6) is 0 Å². The third-order valence-electron chi connectivity index (χ3n) is 6.95. The van der Waals surface area contributed by atoms with Crippen LogP contribution in [0.2, 0.25) is 0 Å². The van der Waals surface area contributed by atoms with Gasteiger partial charge in [0.05, 0.1) is 12.0 Å². The van der Waals surface area contributed by atoms with Crippen LogP contribution in [-0.2, 0) is 25.6 Å². The number of likely N-dealkylation sites (tertiary alicyclic amines) is 1. The van der Waals surface area contributed by atoms with Crippen molar-refractivity contribution >= 4 is 29.1 Å². The molecule has 3 unspecified atom stereocenters. The number of fused-ring (bicyclic) bond motifs is 1. The molecule has 9 heteroatoms. The first-order valence-corrected chi connectivity index (χ1v) is 12.8. The van der Waals surface area contributed by atoms with Crippen molar-refractivity contribution < 1.29 is 23.6 Å². The highest BCUT2D eigenvalue weighted by Gasteiger charge is 2.61. The number of hydrogen-bond donors (Lipinski definition) is 1. The Morgan fingerprint density at radius 1 is 1.09 bits per heavy atom. The molecule has 7 nitrogen and oxygen atoms in total. The molecule has 3 amide bonds. The van der Waals surface area contributed by atoms with Crippen molar-refractivity contribution in [3.8, 4) is 0 Å². The van der Waals surface area contributed by atoms with Crippen molar-refractivity contribution in [3.63, 3.8) is 0 Å². The zero-order valence-electron chi connectivity index (χ0n) is 18.8. The molecule has 180 valence electrons. The molecule has 1 aliphatic carbocycles. The molecule has 3 aliphatic rings. The van der Waals surface area contributed by atoms with Crippen LogP contribution in [0.3, 0.4) is 0 Å². The number of nitrogens with one attached hydrogen (secondary N) is 1. The monoisotopic (exact) mass is 485 g/mol. The molecule has 1 aromatic carbocycles. The van der Waals surface area contributed by atoms with E-state index in [2.05, 4.69) is 5.32 Å². The first-order valence-electron chi connectivity index (χ1n) is 11.9. The van der Waals surface area contributed by atoms with Crippen molar-refractivity contribution in [2.45, 2.75) is 56.7 Å². The molecule has 5 rings (SSSR count). The number of carbonyl (C=O) groups excluding carboxylic acids is 3. The van der Waals surface area contributed by atoms with Gasteiger partial charge in [-0.2, -0.15) is 5.06 Å². The van der Waals surface area contributed by atoms with Crippen LogP contribution >= 0.6 is 11.3 Å². The number of hydrogen-bond acceptors (Lipinski definition) is 6. The fraction of sp³-hybridized carbons (Fsp3) is 0.480.